The fraction of sp³-hybridized carbons (Fsp3) is 0.583. The second-order valence-electron chi connectivity index (χ2n) is 4.78. The number of carbonyl (C=O) groups is 1. The van der Waals surface area contributed by atoms with Crippen molar-refractivity contribution in [3.8, 4) is 0 Å². The van der Waals surface area contributed by atoms with Crippen molar-refractivity contribution in [3.05, 3.63) is 17.0 Å². The van der Waals surface area contributed by atoms with Crippen molar-refractivity contribution >= 4 is 27.3 Å². The molecule has 7 heteroatoms. The van der Waals surface area contributed by atoms with Crippen molar-refractivity contribution in [2.75, 3.05) is 6.54 Å². The first-order valence-corrected chi connectivity index (χ1v) is 8.62. The van der Waals surface area contributed by atoms with E-state index in [0.29, 0.717) is 12.5 Å². The third-order valence-electron chi connectivity index (χ3n) is 3.34. The minimum absolute atomic E-state index is 0.0399. The topological polar surface area (TPSA) is 83.5 Å². The molecule has 0 spiro atoms. The first-order chi connectivity index (χ1) is 8.99. The van der Waals surface area contributed by atoms with Gasteiger partial charge < -0.3 is 5.11 Å². The molecule has 1 aromatic heterocycles. The van der Waals surface area contributed by atoms with Gasteiger partial charge in [0.2, 0.25) is 10.0 Å². The molecule has 0 aliphatic heterocycles. The number of carboxylic acid groups (broad SMARTS) is 1. The lowest BCUT2D eigenvalue weighted by molar-refractivity contribution is 0.0702. The number of hydrogen-bond donors (Lipinski definition) is 2. The first kappa shape index (κ1) is 14.5. The van der Waals surface area contributed by atoms with Crippen LogP contribution < -0.4 is 4.72 Å². The molecular weight excluding hydrogens is 286 g/mol. The van der Waals surface area contributed by atoms with Gasteiger partial charge in [-0.15, -0.1) is 11.3 Å². The second kappa shape index (κ2) is 6.02. The van der Waals surface area contributed by atoms with Gasteiger partial charge in [-0.1, -0.05) is 19.3 Å². The van der Waals surface area contributed by atoms with E-state index in [1.165, 1.54) is 18.6 Å². The fourth-order valence-corrected chi connectivity index (χ4v) is 4.58. The Kier molecular flexibility index (Phi) is 4.59. The van der Waals surface area contributed by atoms with Crippen LogP contribution in [0.4, 0.5) is 0 Å². The van der Waals surface area contributed by atoms with Gasteiger partial charge in [-0.25, -0.2) is 17.9 Å². The molecule has 1 aliphatic carbocycles. The molecular formula is C12H17NO4S2. The van der Waals surface area contributed by atoms with Crippen LogP contribution in [-0.4, -0.2) is 26.0 Å². The molecule has 1 fully saturated rings. The molecule has 2 N–H and O–H groups in total. The van der Waals surface area contributed by atoms with Crippen LogP contribution in [0.3, 0.4) is 0 Å². The van der Waals surface area contributed by atoms with Crippen LogP contribution in [0.1, 0.15) is 41.8 Å². The highest BCUT2D eigenvalue weighted by Gasteiger charge is 2.21. The fourth-order valence-electron chi connectivity index (χ4n) is 2.27. The Labute approximate surface area is 116 Å². The molecule has 1 aromatic rings. The van der Waals surface area contributed by atoms with E-state index in [4.69, 9.17) is 5.11 Å². The van der Waals surface area contributed by atoms with Crippen LogP contribution in [0.5, 0.6) is 0 Å². The highest BCUT2D eigenvalue weighted by molar-refractivity contribution is 7.91. The van der Waals surface area contributed by atoms with Gasteiger partial charge in [0, 0.05) is 6.54 Å². The standard InChI is InChI=1S/C12H17NO4S2/c14-12(15)10-6-7-11(18-10)19(16,17)13-8-9-4-2-1-3-5-9/h6-7,9,13H,1-5,8H2,(H,14,15). The van der Waals surface area contributed by atoms with E-state index in [0.717, 1.165) is 37.0 Å². The molecule has 5 nitrogen and oxygen atoms in total. The Hall–Kier alpha value is -0.920. The minimum Gasteiger partial charge on any atom is -0.477 e. The molecule has 0 amide bonds. The zero-order valence-corrected chi connectivity index (χ0v) is 12.1. The van der Waals surface area contributed by atoms with Crippen molar-refractivity contribution < 1.29 is 18.3 Å². The van der Waals surface area contributed by atoms with Gasteiger partial charge in [-0.2, -0.15) is 0 Å². The number of nitrogens with one attached hydrogen (secondary N) is 1. The molecule has 2 rings (SSSR count). The maximum atomic E-state index is 12.0. The van der Waals surface area contributed by atoms with Gasteiger partial charge in [0.15, 0.2) is 0 Å². The van der Waals surface area contributed by atoms with Gasteiger partial charge in [-0.3, -0.25) is 0 Å². The maximum absolute atomic E-state index is 12.0. The smallest absolute Gasteiger partial charge is 0.345 e. The Bertz CT molecular complexity index is 544. The zero-order chi connectivity index (χ0) is 13.9. The highest BCUT2D eigenvalue weighted by atomic mass is 32.2. The first-order valence-electron chi connectivity index (χ1n) is 6.32. The molecule has 1 heterocycles. The summed E-state index contributed by atoms with van der Waals surface area (Å²) in [6, 6.07) is 2.67. The molecule has 0 unspecified atom stereocenters. The summed E-state index contributed by atoms with van der Waals surface area (Å²) in [5, 5.41) is 8.79. The summed E-state index contributed by atoms with van der Waals surface area (Å²) < 4.78 is 26.7. The third kappa shape index (κ3) is 3.77. The van der Waals surface area contributed by atoms with E-state index in [9.17, 15) is 13.2 Å². The number of rotatable bonds is 5. The van der Waals surface area contributed by atoms with Crippen molar-refractivity contribution in [1.82, 2.24) is 4.72 Å². The van der Waals surface area contributed by atoms with Crippen LogP contribution in [0, 0.1) is 5.92 Å². The number of aromatic carboxylic acids is 1. The van der Waals surface area contributed by atoms with Crippen molar-refractivity contribution in [1.29, 1.82) is 0 Å². The Balaban J connectivity index is 1.98. The normalized spacial score (nSPS) is 17.5. The van der Waals surface area contributed by atoms with E-state index >= 15 is 0 Å². The average Bonchev–Trinajstić information content (AvgIpc) is 2.88. The lowest BCUT2D eigenvalue weighted by atomic mass is 9.90. The van der Waals surface area contributed by atoms with Crippen LogP contribution in [0.25, 0.3) is 0 Å². The third-order valence-corrected chi connectivity index (χ3v) is 6.33. The molecule has 0 bridgehead atoms. The van der Waals surface area contributed by atoms with Crippen LogP contribution in [0.2, 0.25) is 0 Å². The average molecular weight is 303 g/mol. The van der Waals surface area contributed by atoms with Gasteiger partial charge in [0.05, 0.1) is 0 Å². The van der Waals surface area contributed by atoms with E-state index in [2.05, 4.69) is 4.72 Å². The summed E-state index contributed by atoms with van der Waals surface area (Å²) >= 11 is 0.785. The summed E-state index contributed by atoms with van der Waals surface area (Å²) in [7, 11) is -3.57. The van der Waals surface area contributed by atoms with Crippen molar-refractivity contribution in [2.45, 2.75) is 36.3 Å². The van der Waals surface area contributed by atoms with E-state index in [1.807, 2.05) is 0 Å². The number of thiophene rings is 1. The van der Waals surface area contributed by atoms with Gasteiger partial charge >= 0.3 is 5.97 Å². The molecule has 0 atom stereocenters. The van der Waals surface area contributed by atoms with E-state index in [1.54, 1.807) is 0 Å². The number of carboxylic acids is 1. The summed E-state index contributed by atoms with van der Waals surface area (Å²) in [6.07, 6.45) is 5.68. The summed E-state index contributed by atoms with van der Waals surface area (Å²) in [6.45, 7) is 0.447. The molecule has 1 saturated carbocycles. The lowest BCUT2D eigenvalue weighted by Crippen LogP contribution is -2.29. The molecule has 0 radical (unpaired) electrons. The van der Waals surface area contributed by atoms with Gasteiger partial charge in [0.25, 0.3) is 0 Å². The van der Waals surface area contributed by atoms with Crippen molar-refractivity contribution in [3.63, 3.8) is 0 Å². The predicted molar refractivity (Wildman–Crippen MR) is 73.0 cm³/mol. The predicted octanol–water partition coefficient (Wildman–Crippen LogP) is 2.30. The molecule has 106 valence electrons. The number of sulfonamides is 1. The molecule has 0 saturated heterocycles. The summed E-state index contributed by atoms with van der Waals surface area (Å²) in [4.78, 5) is 10.8. The SMILES string of the molecule is O=C(O)c1ccc(S(=O)(=O)NCC2CCCCC2)s1. The Morgan fingerprint density at radius 1 is 1.32 bits per heavy atom. The molecule has 1 aliphatic rings. The largest absolute Gasteiger partial charge is 0.477 e. The van der Waals surface area contributed by atoms with Gasteiger partial charge in [-0.05, 0) is 30.9 Å². The lowest BCUT2D eigenvalue weighted by Gasteiger charge is -2.21. The van der Waals surface area contributed by atoms with E-state index < -0.39 is 16.0 Å². The molecule has 0 aromatic carbocycles. The van der Waals surface area contributed by atoms with Crippen molar-refractivity contribution in [2.24, 2.45) is 5.92 Å². The Morgan fingerprint density at radius 3 is 2.58 bits per heavy atom. The maximum Gasteiger partial charge on any atom is 0.345 e. The zero-order valence-electron chi connectivity index (χ0n) is 10.5. The second-order valence-corrected chi connectivity index (χ2v) is 7.86. The van der Waals surface area contributed by atoms with E-state index in [-0.39, 0.29) is 9.09 Å². The van der Waals surface area contributed by atoms with Gasteiger partial charge in [0.1, 0.15) is 9.09 Å². The quantitative estimate of drug-likeness (QED) is 0.874. The molecule has 19 heavy (non-hydrogen) atoms. The van der Waals surface area contributed by atoms with Crippen LogP contribution in [0.15, 0.2) is 16.3 Å². The highest BCUT2D eigenvalue weighted by Crippen LogP contribution is 2.25. The monoisotopic (exact) mass is 303 g/mol. The van der Waals surface area contributed by atoms with Crippen LogP contribution in [-0.2, 0) is 10.0 Å². The number of hydrogen-bond acceptors (Lipinski definition) is 4. The summed E-state index contributed by atoms with van der Waals surface area (Å²) in [5.41, 5.74) is 0. The summed E-state index contributed by atoms with van der Waals surface area (Å²) in [5.74, 6) is -0.693. The Morgan fingerprint density at radius 2 is 2.00 bits per heavy atom. The minimum atomic E-state index is -3.57. The van der Waals surface area contributed by atoms with Crippen LogP contribution >= 0.6 is 11.3 Å².